The second kappa shape index (κ2) is 5.01. The zero-order chi connectivity index (χ0) is 14.0. The van der Waals surface area contributed by atoms with Crippen molar-refractivity contribution in [3.63, 3.8) is 0 Å². The minimum atomic E-state index is -0.0929. The molecule has 0 spiro atoms. The molecule has 0 saturated heterocycles. The number of nitrogens with zero attached hydrogens (tertiary/aromatic N) is 1. The predicted octanol–water partition coefficient (Wildman–Crippen LogP) is 1.59. The van der Waals surface area contributed by atoms with E-state index >= 15 is 0 Å². The lowest BCUT2D eigenvalue weighted by Crippen LogP contribution is -2.38. The van der Waals surface area contributed by atoms with Gasteiger partial charge in [0.25, 0.3) is 5.91 Å². The van der Waals surface area contributed by atoms with Crippen LogP contribution in [0.2, 0.25) is 0 Å². The second-order valence-corrected chi connectivity index (χ2v) is 5.61. The van der Waals surface area contributed by atoms with Crippen molar-refractivity contribution in [3.05, 3.63) is 29.6 Å². The summed E-state index contributed by atoms with van der Waals surface area (Å²) in [5.41, 5.74) is 7.93. The Morgan fingerprint density at radius 2 is 2.21 bits per heavy atom. The fraction of sp³-hybridized carbons (Fsp3) is 0.429. The molecule has 0 aliphatic carbocycles. The zero-order valence-corrected chi connectivity index (χ0v) is 11.6. The first-order valence-electron chi connectivity index (χ1n) is 6.36. The van der Waals surface area contributed by atoms with Gasteiger partial charge in [0.05, 0.1) is 11.0 Å². The molecule has 0 unspecified atom stereocenters. The van der Waals surface area contributed by atoms with Crippen LogP contribution in [0.3, 0.4) is 0 Å². The molecule has 0 saturated carbocycles. The molecule has 5 heteroatoms. The van der Waals surface area contributed by atoms with E-state index < -0.39 is 0 Å². The van der Waals surface area contributed by atoms with Crippen molar-refractivity contribution < 1.29 is 4.79 Å². The lowest BCUT2D eigenvalue weighted by atomic mass is 9.94. The maximum absolute atomic E-state index is 12.1. The number of aryl methyl sites for hydroxylation is 1. The summed E-state index contributed by atoms with van der Waals surface area (Å²) in [6.45, 7) is 7.03. The standard InChI is InChI=1S/C14H20N4O/c1-9-17-11-5-4-10(6-12(11)18-9)13(19)16-8-14(2,3)7-15/h4-6H,7-8,15H2,1-3H3,(H,16,19)(H,17,18). The van der Waals surface area contributed by atoms with Crippen molar-refractivity contribution >= 4 is 16.9 Å². The van der Waals surface area contributed by atoms with E-state index in [9.17, 15) is 4.79 Å². The zero-order valence-electron chi connectivity index (χ0n) is 11.6. The van der Waals surface area contributed by atoms with Crippen LogP contribution in [0, 0.1) is 12.3 Å². The van der Waals surface area contributed by atoms with Crippen LogP contribution in [0.15, 0.2) is 18.2 Å². The number of hydrogen-bond acceptors (Lipinski definition) is 3. The highest BCUT2D eigenvalue weighted by atomic mass is 16.1. The summed E-state index contributed by atoms with van der Waals surface area (Å²) in [6, 6.07) is 5.45. The Labute approximate surface area is 112 Å². The number of nitrogens with two attached hydrogens (primary N) is 1. The Morgan fingerprint density at radius 3 is 2.89 bits per heavy atom. The van der Waals surface area contributed by atoms with Crippen molar-refractivity contribution in [1.29, 1.82) is 0 Å². The lowest BCUT2D eigenvalue weighted by molar-refractivity contribution is 0.0938. The molecule has 2 aromatic rings. The molecule has 0 radical (unpaired) electrons. The number of rotatable bonds is 4. The quantitative estimate of drug-likeness (QED) is 0.780. The molecule has 5 nitrogen and oxygen atoms in total. The molecule has 19 heavy (non-hydrogen) atoms. The Bertz CT molecular complexity index is 601. The number of benzene rings is 1. The average Bonchev–Trinajstić information content (AvgIpc) is 2.75. The van der Waals surface area contributed by atoms with E-state index in [0.29, 0.717) is 18.7 Å². The Balaban J connectivity index is 2.13. The average molecular weight is 260 g/mol. The van der Waals surface area contributed by atoms with Crippen LogP contribution in [-0.4, -0.2) is 29.0 Å². The summed E-state index contributed by atoms with van der Waals surface area (Å²) in [7, 11) is 0. The van der Waals surface area contributed by atoms with E-state index in [4.69, 9.17) is 5.73 Å². The molecule has 1 heterocycles. The fourth-order valence-corrected chi connectivity index (χ4v) is 1.77. The van der Waals surface area contributed by atoms with Gasteiger partial charge in [-0.05, 0) is 37.1 Å². The minimum absolute atomic E-state index is 0.0873. The number of aromatic nitrogens is 2. The number of fused-ring (bicyclic) bond motifs is 1. The molecule has 0 atom stereocenters. The van der Waals surface area contributed by atoms with Gasteiger partial charge in [0.15, 0.2) is 0 Å². The summed E-state index contributed by atoms with van der Waals surface area (Å²) < 4.78 is 0. The third-order valence-corrected chi connectivity index (χ3v) is 3.14. The van der Waals surface area contributed by atoms with Crippen LogP contribution >= 0.6 is 0 Å². The van der Waals surface area contributed by atoms with Gasteiger partial charge in [-0.25, -0.2) is 4.98 Å². The number of carbonyl (C=O) groups excluding carboxylic acids is 1. The van der Waals surface area contributed by atoms with Gasteiger partial charge >= 0.3 is 0 Å². The van der Waals surface area contributed by atoms with Gasteiger partial charge in [0.1, 0.15) is 5.82 Å². The number of H-pyrrole nitrogens is 1. The van der Waals surface area contributed by atoms with Crippen LogP contribution in [0.5, 0.6) is 0 Å². The second-order valence-electron chi connectivity index (χ2n) is 5.61. The highest BCUT2D eigenvalue weighted by Gasteiger charge is 2.17. The van der Waals surface area contributed by atoms with E-state index in [1.165, 1.54) is 0 Å². The molecule has 1 amide bonds. The molecule has 102 valence electrons. The third kappa shape index (κ3) is 3.12. The van der Waals surface area contributed by atoms with Crippen molar-refractivity contribution in [1.82, 2.24) is 15.3 Å². The van der Waals surface area contributed by atoms with E-state index in [1.54, 1.807) is 6.07 Å². The van der Waals surface area contributed by atoms with Crippen LogP contribution in [0.4, 0.5) is 0 Å². The predicted molar refractivity (Wildman–Crippen MR) is 76.0 cm³/mol. The normalized spacial score (nSPS) is 11.8. The number of aromatic amines is 1. The molecule has 0 bridgehead atoms. The maximum Gasteiger partial charge on any atom is 0.251 e. The molecule has 0 aliphatic rings. The van der Waals surface area contributed by atoms with Crippen LogP contribution in [0.25, 0.3) is 11.0 Å². The number of nitrogens with one attached hydrogen (secondary N) is 2. The van der Waals surface area contributed by atoms with E-state index in [2.05, 4.69) is 15.3 Å². The first-order chi connectivity index (χ1) is 8.91. The summed E-state index contributed by atoms with van der Waals surface area (Å²) >= 11 is 0. The van der Waals surface area contributed by atoms with E-state index in [-0.39, 0.29) is 11.3 Å². The van der Waals surface area contributed by atoms with E-state index in [0.717, 1.165) is 16.9 Å². The van der Waals surface area contributed by atoms with Crippen molar-refractivity contribution in [2.75, 3.05) is 13.1 Å². The lowest BCUT2D eigenvalue weighted by Gasteiger charge is -2.22. The van der Waals surface area contributed by atoms with Crippen LogP contribution < -0.4 is 11.1 Å². The molecule has 4 N–H and O–H groups in total. The summed E-state index contributed by atoms with van der Waals surface area (Å²) in [5, 5.41) is 2.91. The Morgan fingerprint density at radius 1 is 1.47 bits per heavy atom. The number of amides is 1. The largest absolute Gasteiger partial charge is 0.351 e. The number of imidazole rings is 1. The first-order valence-corrected chi connectivity index (χ1v) is 6.36. The van der Waals surface area contributed by atoms with Gasteiger partial charge in [0.2, 0.25) is 0 Å². The monoisotopic (exact) mass is 260 g/mol. The van der Waals surface area contributed by atoms with Gasteiger partial charge in [-0.1, -0.05) is 13.8 Å². The van der Waals surface area contributed by atoms with Crippen molar-refractivity contribution in [2.45, 2.75) is 20.8 Å². The molecular formula is C14H20N4O. The molecule has 0 aliphatic heterocycles. The highest BCUT2D eigenvalue weighted by Crippen LogP contribution is 2.14. The number of hydrogen-bond donors (Lipinski definition) is 3. The SMILES string of the molecule is Cc1nc2ccc(C(=O)NCC(C)(C)CN)cc2[nH]1. The molecular weight excluding hydrogens is 240 g/mol. The molecule has 1 aromatic carbocycles. The van der Waals surface area contributed by atoms with Crippen molar-refractivity contribution in [3.8, 4) is 0 Å². The molecule has 1 aromatic heterocycles. The summed E-state index contributed by atoms with van der Waals surface area (Å²) in [5.74, 6) is 0.757. The van der Waals surface area contributed by atoms with Crippen LogP contribution in [0.1, 0.15) is 30.0 Å². The van der Waals surface area contributed by atoms with E-state index in [1.807, 2.05) is 32.9 Å². The maximum atomic E-state index is 12.1. The molecule has 2 rings (SSSR count). The first kappa shape index (κ1) is 13.5. The Kier molecular flexibility index (Phi) is 3.57. The summed E-state index contributed by atoms with van der Waals surface area (Å²) in [4.78, 5) is 19.5. The van der Waals surface area contributed by atoms with Crippen molar-refractivity contribution in [2.24, 2.45) is 11.1 Å². The fourth-order valence-electron chi connectivity index (χ4n) is 1.77. The van der Waals surface area contributed by atoms with Crippen LogP contribution in [-0.2, 0) is 0 Å². The van der Waals surface area contributed by atoms with Gasteiger partial charge in [0, 0.05) is 12.1 Å². The highest BCUT2D eigenvalue weighted by molar-refractivity contribution is 5.97. The third-order valence-electron chi connectivity index (χ3n) is 3.14. The topological polar surface area (TPSA) is 83.8 Å². The van der Waals surface area contributed by atoms with Gasteiger partial charge in [-0.15, -0.1) is 0 Å². The summed E-state index contributed by atoms with van der Waals surface area (Å²) in [6.07, 6.45) is 0. The van der Waals surface area contributed by atoms with Gasteiger partial charge in [-0.3, -0.25) is 4.79 Å². The number of carbonyl (C=O) groups is 1. The smallest absolute Gasteiger partial charge is 0.251 e. The molecule has 0 fully saturated rings. The Hall–Kier alpha value is -1.88. The van der Waals surface area contributed by atoms with Gasteiger partial charge < -0.3 is 16.0 Å². The van der Waals surface area contributed by atoms with Gasteiger partial charge in [-0.2, -0.15) is 0 Å². The minimum Gasteiger partial charge on any atom is -0.351 e.